The highest BCUT2D eigenvalue weighted by Gasteiger charge is 2.03. The van der Waals surface area contributed by atoms with E-state index in [1.165, 1.54) is 18.2 Å². The molecule has 1 aromatic carbocycles. The normalized spacial score (nSPS) is 8.92. The monoisotopic (exact) mass is 186 g/mol. The lowest BCUT2D eigenvalue weighted by atomic mass is 10.1. The van der Waals surface area contributed by atoms with Crippen molar-refractivity contribution in [1.29, 1.82) is 0 Å². The van der Waals surface area contributed by atoms with Crippen LogP contribution in [0.5, 0.6) is 11.5 Å². The summed E-state index contributed by atoms with van der Waals surface area (Å²) in [7, 11) is 0. The van der Waals surface area contributed by atoms with Gasteiger partial charge in [-0.05, 0) is 17.7 Å². The molecular weight excluding hydrogens is 176 g/mol. The fraction of sp³-hybridized carbons (Fsp3) is 0.125. The van der Waals surface area contributed by atoms with Crippen LogP contribution in [0.2, 0.25) is 0 Å². The number of hydrogen-bond acceptors (Lipinski definition) is 3. The zero-order valence-electron chi connectivity index (χ0n) is 6.69. The van der Waals surface area contributed by atoms with E-state index in [0.29, 0.717) is 5.56 Å². The standard InChI is InChI=1S/C8H8O4.H2O/c9-6-2-1-5(3-7(6)10)4-8(11)12;/h1-3,9-10H,4H2,(H,11,12);1H2. The first kappa shape index (κ1) is 11.2. The topological polar surface area (TPSA) is 109 Å². The van der Waals surface area contributed by atoms with E-state index in [1.807, 2.05) is 0 Å². The molecule has 0 aliphatic carbocycles. The average molecular weight is 186 g/mol. The van der Waals surface area contributed by atoms with Crippen LogP contribution in [-0.2, 0) is 11.2 Å². The van der Waals surface area contributed by atoms with Gasteiger partial charge in [-0.15, -0.1) is 0 Å². The van der Waals surface area contributed by atoms with Crippen molar-refractivity contribution in [2.24, 2.45) is 0 Å². The van der Waals surface area contributed by atoms with Crippen LogP contribution in [0.15, 0.2) is 18.2 Å². The van der Waals surface area contributed by atoms with Crippen molar-refractivity contribution in [3.05, 3.63) is 23.8 Å². The van der Waals surface area contributed by atoms with Gasteiger partial charge in [0.1, 0.15) is 0 Å². The van der Waals surface area contributed by atoms with Gasteiger partial charge < -0.3 is 20.8 Å². The second-order valence-electron chi connectivity index (χ2n) is 2.39. The Bertz CT molecular complexity index is 307. The van der Waals surface area contributed by atoms with Crippen LogP contribution >= 0.6 is 0 Å². The molecule has 0 fully saturated rings. The number of aliphatic carboxylic acids is 1. The lowest BCUT2D eigenvalue weighted by Gasteiger charge is -1.99. The second-order valence-corrected chi connectivity index (χ2v) is 2.39. The molecule has 0 aliphatic rings. The molecule has 0 saturated heterocycles. The van der Waals surface area contributed by atoms with Crippen molar-refractivity contribution in [3.63, 3.8) is 0 Å². The van der Waals surface area contributed by atoms with Gasteiger partial charge in [0.05, 0.1) is 6.42 Å². The largest absolute Gasteiger partial charge is 0.504 e. The van der Waals surface area contributed by atoms with Crippen LogP contribution < -0.4 is 0 Å². The molecule has 0 saturated carbocycles. The Hall–Kier alpha value is -1.75. The predicted molar refractivity (Wildman–Crippen MR) is 44.7 cm³/mol. The molecule has 0 atom stereocenters. The molecule has 5 heteroatoms. The second kappa shape index (κ2) is 4.32. The summed E-state index contributed by atoms with van der Waals surface area (Å²) in [5.41, 5.74) is 0.456. The maximum absolute atomic E-state index is 10.2. The van der Waals surface area contributed by atoms with Crippen molar-refractivity contribution < 1.29 is 25.6 Å². The van der Waals surface area contributed by atoms with Crippen LogP contribution in [0.4, 0.5) is 0 Å². The van der Waals surface area contributed by atoms with Gasteiger partial charge in [-0.1, -0.05) is 6.07 Å². The Morgan fingerprint density at radius 3 is 2.31 bits per heavy atom. The minimum atomic E-state index is -0.972. The SMILES string of the molecule is O.O=C(O)Cc1ccc(O)c(O)c1. The Kier molecular flexibility index (Phi) is 3.74. The van der Waals surface area contributed by atoms with Crippen molar-refractivity contribution in [2.45, 2.75) is 6.42 Å². The van der Waals surface area contributed by atoms with Crippen LogP contribution in [0, 0.1) is 0 Å². The summed E-state index contributed by atoms with van der Waals surface area (Å²) in [5, 5.41) is 26.2. The summed E-state index contributed by atoms with van der Waals surface area (Å²) >= 11 is 0. The van der Waals surface area contributed by atoms with E-state index in [1.54, 1.807) is 0 Å². The number of carboxylic acid groups (broad SMARTS) is 1. The highest BCUT2D eigenvalue weighted by molar-refractivity contribution is 5.70. The van der Waals surface area contributed by atoms with Crippen molar-refractivity contribution in [1.82, 2.24) is 0 Å². The molecule has 72 valence electrons. The molecule has 13 heavy (non-hydrogen) atoms. The highest BCUT2D eigenvalue weighted by atomic mass is 16.4. The van der Waals surface area contributed by atoms with Crippen LogP contribution in [0.1, 0.15) is 5.56 Å². The summed E-state index contributed by atoms with van der Waals surface area (Å²) < 4.78 is 0. The zero-order chi connectivity index (χ0) is 9.14. The Morgan fingerprint density at radius 2 is 1.85 bits per heavy atom. The highest BCUT2D eigenvalue weighted by Crippen LogP contribution is 2.24. The van der Waals surface area contributed by atoms with E-state index in [4.69, 9.17) is 15.3 Å². The van der Waals surface area contributed by atoms with Gasteiger partial charge in [-0.25, -0.2) is 0 Å². The molecule has 0 unspecified atom stereocenters. The smallest absolute Gasteiger partial charge is 0.307 e. The third kappa shape index (κ3) is 3.00. The number of phenolic OH excluding ortho intramolecular Hbond substituents is 2. The minimum absolute atomic E-state index is 0. The van der Waals surface area contributed by atoms with Crippen molar-refractivity contribution >= 4 is 5.97 Å². The van der Waals surface area contributed by atoms with E-state index in [-0.39, 0.29) is 23.4 Å². The van der Waals surface area contributed by atoms with Crippen molar-refractivity contribution in [3.8, 4) is 11.5 Å². The van der Waals surface area contributed by atoms with Gasteiger partial charge in [0, 0.05) is 0 Å². The van der Waals surface area contributed by atoms with Gasteiger partial charge in [-0.2, -0.15) is 0 Å². The van der Waals surface area contributed by atoms with Gasteiger partial charge >= 0.3 is 5.97 Å². The van der Waals surface area contributed by atoms with Gasteiger partial charge in [0.15, 0.2) is 11.5 Å². The molecule has 0 aliphatic heterocycles. The molecule has 1 rings (SSSR count). The molecule has 0 amide bonds. The van der Waals surface area contributed by atoms with Gasteiger partial charge in [0.25, 0.3) is 0 Å². The first-order valence-corrected chi connectivity index (χ1v) is 3.32. The maximum Gasteiger partial charge on any atom is 0.307 e. The molecule has 1 aromatic rings. The van der Waals surface area contributed by atoms with E-state index in [0.717, 1.165) is 0 Å². The minimum Gasteiger partial charge on any atom is -0.504 e. The Morgan fingerprint density at radius 1 is 1.23 bits per heavy atom. The number of rotatable bonds is 2. The summed E-state index contributed by atoms with van der Waals surface area (Å²) in [6.45, 7) is 0. The fourth-order valence-corrected chi connectivity index (χ4v) is 0.854. The predicted octanol–water partition coefficient (Wildman–Crippen LogP) is -0.0998. The summed E-state index contributed by atoms with van der Waals surface area (Å²) in [4.78, 5) is 10.2. The zero-order valence-corrected chi connectivity index (χ0v) is 6.69. The van der Waals surface area contributed by atoms with E-state index >= 15 is 0 Å². The molecule has 0 heterocycles. The third-order valence-corrected chi connectivity index (χ3v) is 1.40. The number of hydrogen-bond donors (Lipinski definition) is 3. The fourth-order valence-electron chi connectivity index (χ4n) is 0.854. The Balaban J connectivity index is 0.00000144. The quantitative estimate of drug-likeness (QED) is 0.560. The molecular formula is C8H10O5. The summed E-state index contributed by atoms with van der Waals surface area (Å²) in [5.74, 6) is -1.52. The number of carboxylic acids is 1. The molecule has 0 radical (unpaired) electrons. The number of phenols is 2. The first-order chi connectivity index (χ1) is 5.59. The number of carbonyl (C=O) groups is 1. The van der Waals surface area contributed by atoms with E-state index < -0.39 is 5.97 Å². The average Bonchev–Trinajstić information content (AvgIpc) is 1.96. The van der Waals surface area contributed by atoms with Gasteiger partial charge in [-0.3, -0.25) is 4.79 Å². The summed E-state index contributed by atoms with van der Waals surface area (Å²) in [6, 6.07) is 3.93. The molecule has 5 N–H and O–H groups in total. The Labute approximate surface area is 74.2 Å². The van der Waals surface area contributed by atoms with Crippen LogP contribution in [0.25, 0.3) is 0 Å². The maximum atomic E-state index is 10.2. The number of benzene rings is 1. The van der Waals surface area contributed by atoms with Crippen LogP contribution in [-0.4, -0.2) is 26.8 Å². The van der Waals surface area contributed by atoms with Crippen LogP contribution in [0.3, 0.4) is 0 Å². The third-order valence-electron chi connectivity index (χ3n) is 1.40. The lowest BCUT2D eigenvalue weighted by Crippen LogP contribution is -1.99. The number of aromatic hydroxyl groups is 2. The van der Waals surface area contributed by atoms with Gasteiger partial charge in [0.2, 0.25) is 0 Å². The molecule has 0 spiro atoms. The van der Waals surface area contributed by atoms with E-state index in [9.17, 15) is 4.79 Å². The molecule has 5 nitrogen and oxygen atoms in total. The van der Waals surface area contributed by atoms with E-state index in [2.05, 4.69) is 0 Å². The van der Waals surface area contributed by atoms with Crippen molar-refractivity contribution in [2.75, 3.05) is 0 Å². The first-order valence-electron chi connectivity index (χ1n) is 3.32. The summed E-state index contributed by atoms with van der Waals surface area (Å²) in [6.07, 6.45) is -0.159. The lowest BCUT2D eigenvalue weighted by molar-refractivity contribution is -0.136. The molecule has 0 aromatic heterocycles. The molecule has 0 bridgehead atoms.